The van der Waals surface area contributed by atoms with E-state index in [0.717, 1.165) is 23.7 Å². The Kier molecular flexibility index (Phi) is 5.13. The van der Waals surface area contributed by atoms with Crippen LogP contribution in [0, 0.1) is 17.1 Å². The van der Waals surface area contributed by atoms with E-state index in [1.54, 1.807) is 35.4 Å². The number of nitriles is 1. The average Bonchev–Trinajstić information content (AvgIpc) is 3.10. The van der Waals surface area contributed by atoms with E-state index >= 15 is 0 Å². The summed E-state index contributed by atoms with van der Waals surface area (Å²) in [5.41, 5.74) is 2.67. The number of aryl methyl sites for hydroxylation is 1. The molecule has 1 unspecified atom stereocenters. The van der Waals surface area contributed by atoms with Crippen LogP contribution in [0.5, 0.6) is 0 Å². The molecule has 0 saturated carbocycles. The third-order valence-electron chi connectivity index (χ3n) is 5.47. The van der Waals surface area contributed by atoms with E-state index in [1.165, 1.54) is 6.07 Å². The predicted molar refractivity (Wildman–Crippen MR) is 108 cm³/mol. The number of carbonyl (C=O) groups excluding carboxylic acids is 1. The van der Waals surface area contributed by atoms with Crippen LogP contribution in [-0.2, 0) is 11.3 Å². The van der Waals surface area contributed by atoms with Crippen LogP contribution in [-0.4, -0.2) is 27.1 Å². The molecule has 146 valence electrons. The summed E-state index contributed by atoms with van der Waals surface area (Å²) in [6, 6.07) is 14.0. The van der Waals surface area contributed by atoms with E-state index in [2.05, 4.69) is 17.7 Å². The monoisotopic (exact) mass is 388 g/mol. The van der Waals surface area contributed by atoms with E-state index in [0.29, 0.717) is 36.2 Å². The number of benzene rings is 2. The van der Waals surface area contributed by atoms with Gasteiger partial charge < -0.3 is 4.90 Å². The lowest BCUT2D eigenvalue weighted by molar-refractivity contribution is -0.135. The molecule has 5 nitrogen and oxygen atoms in total. The fraction of sp³-hybridized carbons (Fsp3) is 0.261. The second-order valence-corrected chi connectivity index (χ2v) is 7.28. The molecule has 4 rings (SSSR count). The number of halogens is 1. The Morgan fingerprint density at radius 2 is 2.14 bits per heavy atom. The van der Waals surface area contributed by atoms with Gasteiger partial charge in [-0.3, -0.25) is 9.48 Å². The lowest BCUT2D eigenvalue weighted by atomic mass is 9.93. The Morgan fingerprint density at radius 1 is 1.31 bits per heavy atom. The van der Waals surface area contributed by atoms with E-state index in [9.17, 15) is 9.18 Å². The number of amides is 1. The molecule has 1 amide bonds. The van der Waals surface area contributed by atoms with Crippen molar-refractivity contribution in [1.82, 2.24) is 14.7 Å². The number of rotatable bonds is 6. The number of fused-ring (bicyclic) bond motifs is 1. The number of hydrogen-bond donors (Lipinski definition) is 0. The predicted octanol–water partition coefficient (Wildman–Crippen LogP) is 4.36. The van der Waals surface area contributed by atoms with Crippen LogP contribution in [0.1, 0.15) is 36.4 Å². The minimum absolute atomic E-state index is 0.103. The molecule has 0 spiro atoms. The van der Waals surface area contributed by atoms with E-state index in [-0.39, 0.29) is 17.8 Å². The molecule has 1 atom stereocenters. The summed E-state index contributed by atoms with van der Waals surface area (Å²) in [4.78, 5) is 14.4. The molecule has 0 bridgehead atoms. The van der Waals surface area contributed by atoms with E-state index < -0.39 is 0 Å². The van der Waals surface area contributed by atoms with Crippen molar-refractivity contribution in [2.75, 3.05) is 6.54 Å². The molecule has 1 saturated heterocycles. The molecule has 1 aliphatic rings. The van der Waals surface area contributed by atoms with Crippen LogP contribution < -0.4 is 0 Å². The highest BCUT2D eigenvalue weighted by molar-refractivity contribution is 5.93. The summed E-state index contributed by atoms with van der Waals surface area (Å²) in [6.45, 7) is 5.24. The number of carbonyl (C=O) groups is 1. The number of likely N-dealkylation sites (tertiary alicyclic amines) is 1. The zero-order valence-corrected chi connectivity index (χ0v) is 16.0. The van der Waals surface area contributed by atoms with Crippen molar-refractivity contribution < 1.29 is 9.18 Å². The standard InChI is InChI=1S/C23H21FN4O/c1-16(23(29)27-12-10-22(27)19-6-2-3-7-20(19)24)5-4-11-28-21-9-8-17(14-25)13-18(21)15-26-28/h2-3,6-9,13,15,22H,1,4-5,10-12H2. The minimum atomic E-state index is -0.272. The molecule has 0 N–H and O–H groups in total. The van der Waals surface area contributed by atoms with Gasteiger partial charge in [-0.2, -0.15) is 10.4 Å². The van der Waals surface area contributed by atoms with Crippen molar-refractivity contribution in [2.45, 2.75) is 31.8 Å². The molecule has 0 aliphatic carbocycles. The zero-order chi connectivity index (χ0) is 20.4. The fourth-order valence-electron chi connectivity index (χ4n) is 3.79. The molecule has 6 heteroatoms. The Balaban J connectivity index is 1.35. The van der Waals surface area contributed by atoms with Gasteiger partial charge >= 0.3 is 0 Å². The third-order valence-corrected chi connectivity index (χ3v) is 5.47. The molecule has 29 heavy (non-hydrogen) atoms. The van der Waals surface area contributed by atoms with Gasteiger partial charge in [-0.1, -0.05) is 24.8 Å². The first-order valence-corrected chi connectivity index (χ1v) is 9.67. The summed E-state index contributed by atoms with van der Waals surface area (Å²) in [7, 11) is 0. The molecule has 0 radical (unpaired) electrons. The second kappa shape index (κ2) is 7.88. The molecule has 1 fully saturated rings. The van der Waals surface area contributed by atoms with Crippen LogP contribution in [0.25, 0.3) is 10.9 Å². The van der Waals surface area contributed by atoms with Gasteiger partial charge in [-0.05, 0) is 43.5 Å². The Morgan fingerprint density at radius 3 is 2.86 bits per heavy atom. The normalized spacial score (nSPS) is 15.7. The molecule has 2 aromatic carbocycles. The van der Waals surface area contributed by atoms with Gasteiger partial charge in [-0.15, -0.1) is 0 Å². The van der Waals surface area contributed by atoms with Crippen molar-refractivity contribution in [3.8, 4) is 6.07 Å². The van der Waals surface area contributed by atoms with E-state index in [4.69, 9.17) is 5.26 Å². The van der Waals surface area contributed by atoms with Gasteiger partial charge in [0.2, 0.25) is 5.91 Å². The largest absolute Gasteiger partial charge is 0.332 e. The summed E-state index contributed by atoms with van der Waals surface area (Å²) in [6.07, 6.45) is 3.79. The first-order valence-electron chi connectivity index (χ1n) is 9.67. The lowest BCUT2D eigenvalue weighted by Gasteiger charge is -2.41. The summed E-state index contributed by atoms with van der Waals surface area (Å²) in [5.74, 6) is -0.376. The summed E-state index contributed by atoms with van der Waals surface area (Å²) < 4.78 is 15.9. The Hall–Kier alpha value is -3.46. The summed E-state index contributed by atoms with van der Waals surface area (Å²) in [5, 5.41) is 14.3. The van der Waals surface area contributed by atoms with Gasteiger partial charge in [0.1, 0.15) is 5.82 Å². The molecule has 3 aromatic rings. The van der Waals surface area contributed by atoms with Gasteiger partial charge in [0.05, 0.1) is 29.4 Å². The molecule has 1 aromatic heterocycles. The number of hydrogen-bond acceptors (Lipinski definition) is 3. The number of nitrogens with zero attached hydrogens (tertiary/aromatic N) is 4. The first-order chi connectivity index (χ1) is 14.1. The third kappa shape index (κ3) is 3.64. The minimum Gasteiger partial charge on any atom is -0.332 e. The molecule has 1 aliphatic heterocycles. The van der Waals surface area contributed by atoms with Crippen LogP contribution >= 0.6 is 0 Å². The van der Waals surface area contributed by atoms with E-state index in [1.807, 2.05) is 16.8 Å². The maximum absolute atomic E-state index is 14.0. The summed E-state index contributed by atoms with van der Waals surface area (Å²) >= 11 is 0. The van der Waals surface area contributed by atoms with Gasteiger partial charge in [0, 0.05) is 29.6 Å². The van der Waals surface area contributed by atoms with Crippen molar-refractivity contribution in [1.29, 1.82) is 5.26 Å². The zero-order valence-electron chi connectivity index (χ0n) is 16.0. The molecule has 2 heterocycles. The first kappa shape index (κ1) is 18.9. The Labute approximate surface area is 168 Å². The molecular formula is C23H21FN4O. The topological polar surface area (TPSA) is 61.9 Å². The second-order valence-electron chi connectivity index (χ2n) is 7.28. The highest BCUT2D eigenvalue weighted by Crippen LogP contribution is 2.35. The fourth-order valence-corrected chi connectivity index (χ4v) is 3.79. The van der Waals surface area contributed by atoms with Gasteiger partial charge in [-0.25, -0.2) is 4.39 Å². The van der Waals surface area contributed by atoms with Crippen LogP contribution in [0.3, 0.4) is 0 Å². The van der Waals surface area contributed by atoms with Crippen molar-refractivity contribution in [3.63, 3.8) is 0 Å². The quantitative estimate of drug-likeness (QED) is 0.590. The highest BCUT2D eigenvalue weighted by atomic mass is 19.1. The van der Waals surface area contributed by atoms with Crippen molar-refractivity contribution in [3.05, 3.63) is 77.8 Å². The van der Waals surface area contributed by atoms with Crippen LogP contribution in [0.2, 0.25) is 0 Å². The highest BCUT2D eigenvalue weighted by Gasteiger charge is 2.35. The number of aromatic nitrogens is 2. The lowest BCUT2D eigenvalue weighted by Crippen LogP contribution is -2.46. The van der Waals surface area contributed by atoms with Crippen molar-refractivity contribution >= 4 is 16.8 Å². The average molecular weight is 388 g/mol. The van der Waals surface area contributed by atoms with Crippen LogP contribution in [0.4, 0.5) is 4.39 Å². The van der Waals surface area contributed by atoms with Crippen molar-refractivity contribution in [2.24, 2.45) is 0 Å². The van der Waals surface area contributed by atoms with Gasteiger partial charge in [0.25, 0.3) is 0 Å². The maximum atomic E-state index is 14.0. The Bertz CT molecular complexity index is 1130. The molecular weight excluding hydrogens is 367 g/mol. The maximum Gasteiger partial charge on any atom is 0.249 e. The smallest absolute Gasteiger partial charge is 0.249 e. The SMILES string of the molecule is C=C(CCCn1ncc2cc(C#N)ccc21)C(=O)N1CCC1c1ccccc1F. The van der Waals surface area contributed by atoms with Crippen LogP contribution in [0.15, 0.2) is 60.8 Å². The van der Waals surface area contributed by atoms with Gasteiger partial charge in [0.15, 0.2) is 0 Å².